The quantitative estimate of drug-likeness (QED) is 0.840. The van der Waals surface area contributed by atoms with E-state index in [4.69, 9.17) is 0 Å². The first kappa shape index (κ1) is 11.4. The van der Waals surface area contributed by atoms with Crippen LogP contribution in [0.2, 0.25) is 0 Å². The summed E-state index contributed by atoms with van der Waals surface area (Å²) in [5, 5.41) is 3.38. The lowest BCUT2D eigenvalue weighted by molar-refractivity contribution is 0.556. The van der Waals surface area contributed by atoms with E-state index in [-0.39, 0.29) is 5.82 Å². The second kappa shape index (κ2) is 4.83. The SMILES string of the molecule is CCNC(C)CN1CCc2ccc(F)cc21. The Morgan fingerprint density at radius 2 is 2.31 bits per heavy atom. The molecule has 0 amide bonds. The van der Waals surface area contributed by atoms with Gasteiger partial charge in [0.15, 0.2) is 0 Å². The van der Waals surface area contributed by atoms with E-state index in [1.807, 2.05) is 6.07 Å². The first-order valence-electron chi connectivity index (χ1n) is 5.97. The van der Waals surface area contributed by atoms with Gasteiger partial charge < -0.3 is 10.2 Å². The molecule has 0 bridgehead atoms. The average Bonchev–Trinajstić information content (AvgIpc) is 2.61. The van der Waals surface area contributed by atoms with Crippen LogP contribution in [-0.2, 0) is 6.42 Å². The van der Waals surface area contributed by atoms with Gasteiger partial charge in [0.2, 0.25) is 0 Å². The van der Waals surface area contributed by atoms with E-state index in [0.717, 1.165) is 31.7 Å². The minimum Gasteiger partial charge on any atom is -0.369 e. The molecule has 0 saturated heterocycles. The van der Waals surface area contributed by atoms with Crippen molar-refractivity contribution in [2.24, 2.45) is 0 Å². The van der Waals surface area contributed by atoms with E-state index in [1.165, 1.54) is 5.56 Å². The molecule has 0 aliphatic carbocycles. The highest BCUT2D eigenvalue weighted by Crippen LogP contribution is 2.28. The van der Waals surface area contributed by atoms with Crippen LogP contribution in [0.3, 0.4) is 0 Å². The van der Waals surface area contributed by atoms with Crippen LogP contribution < -0.4 is 10.2 Å². The molecule has 1 aliphatic rings. The van der Waals surface area contributed by atoms with Gasteiger partial charge in [-0.25, -0.2) is 4.39 Å². The summed E-state index contributed by atoms with van der Waals surface area (Å²) in [4.78, 5) is 2.27. The lowest BCUT2D eigenvalue weighted by atomic mass is 10.1. The molecule has 0 saturated carbocycles. The number of likely N-dealkylation sites (N-methyl/N-ethyl adjacent to an activating group) is 1. The molecular weight excluding hydrogens is 203 g/mol. The van der Waals surface area contributed by atoms with Crippen LogP contribution in [0.5, 0.6) is 0 Å². The standard InChI is InChI=1S/C13H19FN2/c1-3-15-10(2)9-16-7-6-11-4-5-12(14)8-13(11)16/h4-5,8,10,15H,3,6-7,9H2,1-2H3. The third-order valence-electron chi connectivity index (χ3n) is 3.09. The highest BCUT2D eigenvalue weighted by molar-refractivity contribution is 5.58. The molecule has 1 N–H and O–H groups in total. The maximum Gasteiger partial charge on any atom is 0.125 e. The minimum atomic E-state index is -0.137. The van der Waals surface area contributed by atoms with E-state index in [9.17, 15) is 4.39 Å². The molecule has 1 heterocycles. The predicted octanol–water partition coefficient (Wildman–Crippen LogP) is 2.19. The van der Waals surface area contributed by atoms with Crippen LogP contribution in [0.15, 0.2) is 18.2 Å². The van der Waals surface area contributed by atoms with Crippen LogP contribution in [0.25, 0.3) is 0 Å². The molecule has 1 aromatic rings. The smallest absolute Gasteiger partial charge is 0.125 e. The normalized spacial score (nSPS) is 16.3. The second-order valence-corrected chi connectivity index (χ2v) is 4.43. The summed E-state index contributed by atoms with van der Waals surface area (Å²) < 4.78 is 13.2. The fraction of sp³-hybridized carbons (Fsp3) is 0.538. The molecule has 3 heteroatoms. The largest absolute Gasteiger partial charge is 0.369 e. The minimum absolute atomic E-state index is 0.137. The van der Waals surface area contributed by atoms with Crippen molar-refractivity contribution in [3.05, 3.63) is 29.6 Å². The van der Waals surface area contributed by atoms with E-state index in [1.54, 1.807) is 12.1 Å². The maximum absolute atomic E-state index is 13.2. The zero-order valence-corrected chi connectivity index (χ0v) is 9.96. The van der Waals surface area contributed by atoms with Crippen LogP contribution in [-0.4, -0.2) is 25.7 Å². The summed E-state index contributed by atoms with van der Waals surface area (Å²) in [5.74, 6) is -0.137. The Balaban J connectivity index is 2.08. The van der Waals surface area contributed by atoms with Gasteiger partial charge in [0.05, 0.1) is 0 Å². The zero-order valence-electron chi connectivity index (χ0n) is 9.96. The number of rotatable bonds is 4. The fourth-order valence-electron chi connectivity index (χ4n) is 2.35. The Morgan fingerprint density at radius 3 is 3.06 bits per heavy atom. The van der Waals surface area contributed by atoms with Gasteiger partial charge in [0, 0.05) is 24.8 Å². The molecule has 0 aromatic heterocycles. The van der Waals surface area contributed by atoms with Crippen molar-refractivity contribution in [3.8, 4) is 0 Å². The Hall–Kier alpha value is -1.09. The van der Waals surface area contributed by atoms with Gasteiger partial charge in [-0.2, -0.15) is 0 Å². The highest BCUT2D eigenvalue weighted by atomic mass is 19.1. The average molecular weight is 222 g/mol. The summed E-state index contributed by atoms with van der Waals surface area (Å²) >= 11 is 0. The summed E-state index contributed by atoms with van der Waals surface area (Å²) in [5.41, 5.74) is 2.34. The molecule has 1 aromatic carbocycles. The molecule has 88 valence electrons. The van der Waals surface area contributed by atoms with Gasteiger partial charge in [-0.05, 0) is 37.6 Å². The van der Waals surface area contributed by atoms with Crippen molar-refractivity contribution >= 4 is 5.69 Å². The van der Waals surface area contributed by atoms with Crippen LogP contribution in [0.1, 0.15) is 19.4 Å². The van der Waals surface area contributed by atoms with Crippen LogP contribution in [0.4, 0.5) is 10.1 Å². The molecule has 16 heavy (non-hydrogen) atoms. The third-order valence-corrected chi connectivity index (χ3v) is 3.09. The number of nitrogens with zero attached hydrogens (tertiary/aromatic N) is 1. The van der Waals surface area contributed by atoms with Crippen molar-refractivity contribution in [1.29, 1.82) is 0 Å². The Morgan fingerprint density at radius 1 is 1.50 bits per heavy atom. The number of fused-ring (bicyclic) bond motifs is 1. The molecule has 1 atom stereocenters. The molecule has 1 aliphatic heterocycles. The molecule has 0 spiro atoms. The van der Waals surface area contributed by atoms with E-state index < -0.39 is 0 Å². The Labute approximate surface area is 96.5 Å². The summed E-state index contributed by atoms with van der Waals surface area (Å²) in [6, 6.07) is 5.55. The van der Waals surface area contributed by atoms with E-state index >= 15 is 0 Å². The van der Waals surface area contributed by atoms with Crippen molar-refractivity contribution in [2.75, 3.05) is 24.5 Å². The van der Waals surface area contributed by atoms with Gasteiger partial charge in [0.25, 0.3) is 0 Å². The second-order valence-electron chi connectivity index (χ2n) is 4.43. The molecule has 2 rings (SSSR count). The Bertz CT molecular complexity index is 365. The Kier molecular flexibility index (Phi) is 3.44. The molecular formula is C13H19FN2. The van der Waals surface area contributed by atoms with Crippen LogP contribution in [0, 0.1) is 5.82 Å². The maximum atomic E-state index is 13.2. The van der Waals surface area contributed by atoms with Gasteiger partial charge in [0.1, 0.15) is 5.82 Å². The third kappa shape index (κ3) is 2.35. The number of anilines is 1. The highest BCUT2D eigenvalue weighted by Gasteiger charge is 2.20. The van der Waals surface area contributed by atoms with Crippen molar-refractivity contribution in [3.63, 3.8) is 0 Å². The lowest BCUT2D eigenvalue weighted by Crippen LogP contribution is -2.38. The summed E-state index contributed by atoms with van der Waals surface area (Å²) in [7, 11) is 0. The summed E-state index contributed by atoms with van der Waals surface area (Å²) in [6.07, 6.45) is 1.04. The van der Waals surface area contributed by atoms with Crippen molar-refractivity contribution in [1.82, 2.24) is 5.32 Å². The number of hydrogen-bond donors (Lipinski definition) is 1. The van der Waals surface area contributed by atoms with Gasteiger partial charge in [-0.1, -0.05) is 13.0 Å². The first-order chi connectivity index (χ1) is 7.70. The van der Waals surface area contributed by atoms with Crippen LogP contribution >= 0.6 is 0 Å². The van der Waals surface area contributed by atoms with E-state index in [0.29, 0.717) is 6.04 Å². The molecule has 0 radical (unpaired) electrons. The van der Waals surface area contributed by atoms with Crippen molar-refractivity contribution in [2.45, 2.75) is 26.3 Å². The molecule has 1 unspecified atom stereocenters. The summed E-state index contributed by atoms with van der Waals surface area (Å²) in [6.45, 7) is 7.21. The zero-order chi connectivity index (χ0) is 11.5. The molecule has 0 fully saturated rings. The number of nitrogens with one attached hydrogen (secondary N) is 1. The number of hydrogen-bond acceptors (Lipinski definition) is 2. The monoisotopic (exact) mass is 222 g/mol. The van der Waals surface area contributed by atoms with Gasteiger partial charge in [-0.15, -0.1) is 0 Å². The molecule has 2 nitrogen and oxygen atoms in total. The van der Waals surface area contributed by atoms with Gasteiger partial charge in [-0.3, -0.25) is 0 Å². The van der Waals surface area contributed by atoms with E-state index in [2.05, 4.69) is 24.1 Å². The first-order valence-corrected chi connectivity index (χ1v) is 5.97. The topological polar surface area (TPSA) is 15.3 Å². The number of benzene rings is 1. The predicted molar refractivity (Wildman–Crippen MR) is 65.5 cm³/mol. The number of halogens is 1. The lowest BCUT2D eigenvalue weighted by Gasteiger charge is -2.24. The van der Waals surface area contributed by atoms with Gasteiger partial charge >= 0.3 is 0 Å². The fourth-order valence-corrected chi connectivity index (χ4v) is 2.35. The van der Waals surface area contributed by atoms with Crippen molar-refractivity contribution < 1.29 is 4.39 Å².